The van der Waals surface area contributed by atoms with Crippen LogP contribution >= 0.6 is 11.6 Å². The number of anilines is 1. The summed E-state index contributed by atoms with van der Waals surface area (Å²) in [4.78, 5) is 33.8. The zero-order valence-electron chi connectivity index (χ0n) is 18.2. The van der Waals surface area contributed by atoms with Crippen LogP contribution in [-0.4, -0.2) is 59.0 Å². The minimum Gasteiger partial charge on any atom is -0.368 e. The fraction of sp³-hybridized carbons (Fsp3) is 0.292. The van der Waals surface area contributed by atoms with E-state index in [9.17, 15) is 9.59 Å². The molecular formula is C24H26ClN5O2. The van der Waals surface area contributed by atoms with Gasteiger partial charge in [0.1, 0.15) is 5.82 Å². The molecule has 2 aromatic heterocycles. The summed E-state index contributed by atoms with van der Waals surface area (Å²) in [5, 5.41) is 3.48. The molecule has 1 saturated heterocycles. The number of hydrogen-bond acceptors (Lipinski definition) is 4. The number of carbonyl (C=O) groups excluding carboxylic acids is 2. The lowest BCUT2D eigenvalue weighted by Gasteiger charge is -2.36. The first-order valence-electron chi connectivity index (χ1n) is 10.6. The Morgan fingerprint density at radius 3 is 2.50 bits per heavy atom. The zero-order valence-corrected chi connectivity index (χ0v) is 19.0. The van der Waals surface area contributed by atoms with E-state index in [4.69, 9.17) is 11.6 Å². The first-order valence-corrected chi connectivity index (χ1v) is 11.0. The van der Waals surface area contributed by atoms with Crippen LogP contribution in [0.4, 0.5) is 5.69 Å². The first kappa shape index (κ1) is 21.9. The van der Waals surface area contributed by atoms with Crippen LogP contribution in [0.5, 0.6) is 0 Å². The maximum Gasteiger partial charge on any atom is 0.253 e. The van der Waals surface area contributed by atoms with Gasteiger partial charge in [0, 0.05) is 54.5 Å². The number of pyridine rings is 1. The molecule has 1 fully saturated rings. The van der Waals surface area contributed by atoms with Crippen molar-refractivity contribution in [3.8, 4) is 5.82 Å². The molecule has 166 valence electrons. The average Bonchev–Trinajstić information content (AvgIpc) is 3.11. The smallest absolute Gasteiger partial charge is 0.253 e. The highest BCUT2D eigenvalue weighted by Crippen LogP contribution is 2.21. The Bertz CT molecular complexity index is 1120. The summed E-state index contributed by atoms with van der Waals surface area (Å²) in [6.45, 7) is 6.46. The lowest BCUT2D eigenvalue weighted by Crippen LogP contribution is -2.51. The van der Waals surface area contributed by atoms with Gasteiger partial charge in [0.05, 0.1) is 12.1 Å². The number of benzene rings is 1. The van der Waals surface area contributed by atoms with Crippen molar-refractivity contribution in [2.75, 3.05) is 37.6 Å². The molecule has 1 N–H and O–H groups in total. The van der Waals surface area contributed by atoms with Crippen LogP contribution in [0.2, 0.25) is 5.02 Å². The predicted molar refractivity (Wildman–Crippen MR) is 126 cm³/mol. The second-order valence-corrected chi connectivity index (χ2v) is 8.27. The lowest BCUT2D eigenvalue weighted by atomic mass is 10.2. The van der Waals surface area contributed by atoms with Gasteiger partial charge in [0.25, 0.3) is 5.91 Å². The van der Waals surface area contributed by atoms with E-state index in [1.807, 2.05) is 66.9 Å². The van der Waals surface area contributed by atoms with E-state index in [-0.39, 0.29) is 18.4 Å². The largest absolute Gasteiger partial charge is 0.368 e. The SMILES string of the molecule is Cc1cc(C(=O)NCC(=O)N2CCN(c3cccc(Cl)c3)CC2)c(C)n1-c1ccccn1. The molecule has 3 aromatic rings. The summed E-state index contributed by atoms with van der Waals surface area (Å²) < 4.78 is 1.94. The molecule has 1 aliphatic heterocycles. The van der Waals surface area contributed by atoms with Gasteiger partial charge in [-0.3, -0.25) is 9.59 Å². The molecule has 3 heterocycles. The van der Waals surface area contributed by atoms with Crippen LogP contribution < -0.4 is 10.2 Å². The molecule has 0 atom stereocenters. The summed E-state index contributed by atoms with van der Waals surface area (Å²) >= 11 is 6.09. The van der Waals surface area contributed by atoms with Crippen LogP contribution in [0, 0.1) is 13.8 Å². The number of nitrogens with zero attached hydrogens (tertiary/aromatic N) is 4. The Labute approximate surface area is 192 Å². The third-order valence-electron chi connectivity index (χ3n) is 5.76. The van der Waals surface area contributed by atoms with E-state index < -0.39 is 0 Å². The van der Waals surface area contributed by atoms with Gasteiger partial charge < -0.3 is 19.7 Å². The molecule has 1 aromatic carbocycles. The number of carbonyl (C=O) groups is 2. The molecular weight excluding hydrogens is 426 g/mol. The Kier molecular flexibility index (Phi) is 6.46. The van der Waals surface area contributed by atoms with E-state index >= 15 is 0 Å². The zero-order chi connectivity index (χ0) is 22.7. The summed E-state index contributed by atoms with van der Waals surface area (Å²) in [5.41, 5.74) is 3.31. The van der Waals surface area contributed by atoms with Crippen molar-refractivity contribution in [1.82, 2.24) is 19.8 Å². The third-order valence-corrected chi connectivity index (χ3v) is 6.00. The maximum absolute atomic E-state index is 12.8. The van der Waals surface area contributed by atoms with E-state index in [1.54, 1.807) is 11.1 Å². The number of nitrogens with one attached hydrogen (secondary N) is 1. The molecule has 0 saturated carbocycles. The number of halogens is 1. The number of piperazine rings is 1. The number of rotatable bonds is 5. The third kappa shape index (κ3) is 4.62. The van der Waals surface area contributed by atoms with Crippen molar-refractivity contribution in [1.29, 1.82) is 0 Å². The van der Waals surface area contributed by atoms with E-state index in [0.717, 1.165) is 36.0 Å². The number of hydrogen-bond donors (Lipinski definition) is 1. The molecule has 1 aliphatic rings. The highest BCUT2D eigenvalue weighted by Gasteiger charge is 2.23. The molecule has 0 spiro atoms. The molecule has 8 heteroatoms. The van der Waals surface area contributed by atoms with Crippen molar-refractivity contribution in [3.05, 3.63) is 76.7 Å². The van der Waals surface area contributed by atoms with Gasteiger partial charge in [-0.2, -0.15) is 0 Å². The second-order valence-electron chi connectivity index (χ2n) is 7.84. The van der Waals surface area contributed by atoms with Crippen LogP contribution in [0.1, 0.15) is 21.7 Å². The molecule has 0 radical (unpaired) electrons. The minimum absolute atomic E-state index is 0.0246. The van der Waals surface area contributed by atoms with Crippen molar-refractivity contribution in [2.24, 2.45) is 0 Å². The molecule has 0 aliphatic carbocycles. The summed E-state index contributed by atoms with van der Waals surface area (Å²) in [7, 11) is 0. The number of aryl methyl sites for hydroxylation is 1. The maximum atomic E-state index is 12.8. The van der Waals surface area contributed by atoms with Crippen molar-refractivity contribution in [2.45, 2.75) is 13.8 Å². The Balaban J connectivity index is 1.33. The van der Waals surface area contributed by atoms with Crippen LogP contribution in [0.15, 0.2) is 54.7 Å². The van der Waals surface area contributed by atoms with Crippen LogP contribution in [-0.2, 0) is 4.79 Å². The normalized spacial score (nSPS) is 13.8. The fourth-order valence-corrected chi connectivity index (χ4v) is 4.27. The van der Waals surface area contributed by atoms with E-state index in [1.165, 1.54) is 0 Å². The number of aromatic nitrogens is 2. The van der Waals surface area contributed by atoms with Gasteiger partial charge >= 0.3 is 0 Å². The molecule has 7 nitrogen and oxygen atoms in total. The Morgan fingerprint density at radius 2 is 1.81 bits per heavy atom. The van der Waals surface area contributed by atoms with Gasteiger partial charge in [-0.1, -0.05) is 23.7 Å². The summed E-state index contributed by atoms with van der Waals surface area (Å²) in [6.07, 6.45) is 1.72. The summed E-state index contributed by atoms with van der Waals surface area (Å²) in [6, 6.07) is 15.2. The average molecular weight is 452 g/mol. The fourth-order valence-electron chi connectivity index (χ4n) is 4.08. The molecule has 0 unspecified atom stereocenters. The van der Waals surface area contributed by atoms with Gasteiger partial charge in [0.15, 0.2) is 0 Å². The first-order chi connectivity index (χ1) is 15.4. The standard InChI is InChI=1S/C24H26ClN5O2/c1-17-14-21(18(2)30(17)22-8-3-4-9-26-22)24(32)27-16-23(31)29-12-10-28(11-13-29)20-7-5-6-19(25)15-20/h3-9,14-15H,10-13,16H2,1-2H3,(H,27,32). The van der Waals surface area contributed by atoms with Crippen LogP contribution in [0.25, 0.3) is 5.82 Å². The van der Waals surface area contributed by atoms with Crippen molar-refractivity contribution >= 4 is 29.1 Å². The number of amides is 2. The van der Waals surface area contributed by atoms with Gasteiger partial charge in [0.2, 0.25) is 5.91 Å². The summed E-state index contributed by atoms with van der Waals surface area (Å²) in [5.74, 6) is 0.420. The predicted octanol–water partition coefficient (Wildman–Crippen LogP) is 3.22. The topological polar surface area (TPSA) is 70.5 Å². The van der Waals surface area contributed by atoms with Crippen LogP contribution in [0.3, 0.4) is 0 Å². The molecule has 4 rings (SSSR count). The van der Waals surface area contributed by atoms with E-state index in [0.29, 0.717) is 23.7 Å². The van der Waals surface area contributed by atoms with Gasteiger partial charge in [-0.05, 0) is 50.2 Å². The van der Waals surface area contributed by atoms with Crippen molar-refractivity contribution in [3.63, 3.8) is 0 Å². The van der Waals surface area contributed by atoms with E-state index in [2.05, 4.69) is 15.2 Å². The van der Waals surface area contributed by atoms with Gasteiger partial charge in [-0.15, -0.1) is 0 Å². The van der Waals surface area contributed by atoms with Crippen molar-refractivity contribution < 1.29 is 9.59 Å². The Hall–Kier alpha value is -3.32. The second kappa shape index (κ2) is 9.44. The minimum atomic E-state index is -0.258. The van der Waals surface area contributed by atoms with Gasteiger partial charge in [-0.25, -0.2) is 4.98 Å². The lowest BCUT2D eigenvalue weighted by molar-refractivity contribution is -0.130. The Morgan fingerprint density at radius 1 is 1.03 bits per heavy atom. The molecule has 32 heavy (non-hydrogen) atoms. The highest BCUT2D eigenvalue weighted by molar-refractivity contribution is 6.30. The quantitative estimate of drug-likeness (QED) is 0.646. The monoisotopic (exact) mass is 451 g/mol. The molecule has 0 bridgehead atoms. The molecule has 2 amide bonds. The highest BCUT2D eigenvalue weighted by atomic mass is 35.5.